The summed E-state index contributed by atoms with van der Waals surface area (Å²) in [4.78, 5) is 11.6. The first-order chi connectivity index (χ1) is 9.63. The molecule has 106 valence electrons. The Labute approximate surface area is 121 Å². The van der Waals surface area contributed by atoms with Crippen LogP contribution in [0.2, 0.25) is 5.02 Å². The lowest BCUT2D eigenvalue weighted by Crippen LogP contribution is -2.30. The van der Waals surface area contributed by atoms with Crippen molar-refractivity contribution in [2.24, 2.45) is 0 Å². The van der Waals surface area contributed by atoms with Gasteiger partial charge in [-0.25, -0.2) is 0 Å². The summed E-state index contributed by atoms with van der Waals surface area (Å²) in [5.74, 6) is 1.19. The van der Waals surface area contributed by atoms with E-state index in [4.69, 9.17) is 20.9 Å². The third kappa shape index (κ3) is 4.59. The Morgan fingerprint density at radius 1 is 1.40 bits per heavy atom. The minimum atomic E-state index is -0.180. The molecule has 0 bridgehead atoms. The minimum Gasteiger partial charge on any atom is -0.484 e. The summed E-state index contributed by atoms with van der Waals surface area (Å²) in [5.41, 5.74) is 0.821. The Morgan fingerprint density at radius 2 is 2.15 bits per heavy atom. The molecule has 1 aromatic carbocycles. The van der Waals surface area contributed by atoms with E-state index in [9.17, 15) is 4.79 Å². The molecule has 0 unspecified atom stereocenters. The summed E-state index contributed by atoms with van der Waals surface area (Å²) in [6.45, 7) is 2.29. The Morgan fingerprint density at radius 3 is 2.80 bits per heavy atom. The molecule has 0 fully saturated rings. The normalized spacial score (nSPS) is 10.3. The minimum absolute atomic E-state index is 0.0283. The number of aromatic nitrogens is 1. The summed E-state index contributed by atoms with van der Waals surface area (Å²) in [6.07, 6.45) is 0.629. The fraction of sp³-hybridized carbons (Fsp3) is 0.286. The highest BCUT2D eigenvalue weighted by atomic mass is 35.5. The summed E-state index contributed by atoms with van der Waals surface area (Å²) in [6, 6.07) is 8.70. The van der Waals surface area contributed by atoms with Gasteiger partial charge in [-0.2, -0.15) is 0 Å². The number of hydrogen-bond acceptors (Lipinski definition) is 4. The molecule has 2 rings (SSSR count). The van der Waals surface area contributed by atoms with Gasteiger partial charge in [0, 0.05) is 24.1 Å². The average Bonchev–Trinajstić information content (AvgIpc) is 2.84. The van der Waals surface area contributed by atoms with Crippen LogP contribution in [0.3, 0.4) is 0 Å². The Bertz CT molecular complexity index is 566. The molecule has 0 saturated carbocycles. The second-order valence-electron chi connectivity index (χ2n) is 4.27. The molecule has 0 saturated heterocycles. The van der Waals surface area contributed by atoms with Crippen LogP contribution in [0.1, 0.15) is 11.5 Å². The summed E-state index contributed by atoms with van der Waals surface area (Å²) in [7, 11) is 0. The van der Waals surface area contributed by atoms with Crippen LogP contribution in [0.5, 0.6) is 5.75 Å². The maximum absolute atomic E-state index is 11.6. The van der Waals surface area contributed by atoms with E-state index in [0.717, 1.165) is 11.5 Å². The van der Waals surface area contributed by atoms with Gasteiger partial charge >= 0.3 is 0 Å². The number of benzene rings is 1. The molecular weight excluding hydrogens is 280 g/mol. The van der Waals surface area contributed by atoms with Gasteiger partial charge in [0.15, 0.2) is 6.61 Å². The van der Waals surface area contributed by atoms with E-state index in [1.807, 2.05) is 13.0 Å². The lowest BCUT2D eigenvalue weighted by atomic mass is 10.3. The van der Waals surface area contributed by atoms with Gasteiger partial charge in [0.2, 0.25) is 0 Å². The van der Waals surface area contributed by atoms with E-state index < -0.39 is 0 Å². The van der Waals surface area contributed by atoms with Gasteiger partial charge in [0.1, 0.15) is 11.5 Å². The van der Waals surface area contributed by atoms with E-state index in [0.29, 0.717) is 23.7 Å². The number of hydrogen-bond donors (Lipinski definition) is 1. The third-order valence-electron chi connectivity index (χ3n) is 2.56. The number of aryl methyl sites for hydroxylation is 1. The van der Waals surface area contributed by atoms with Gasteiger partial charge in [0.25, 0.3) is 5.91 Å². The number of amides is 1. The topological polar surface area (TPSA) is 64.4 Å². The molecule has 1 heterocycles. The number of ether oxygens (including phenoxy) is 1. The first-order valence-corrected chi connectivity index (χ1v) is 6.58. The van der Waals surface area contributed by atoms with Gasteiger partial charge in [-0.15, -0.1) is 0 Å². The molecule has 5 nitrogen and oxygen atoms in total. The molecule has 0 aliphatic rings. The van der Waals surface area contributed by atoms with Crippen LogP contribution >= 0.6 is 11.6 Å². The first-order valence-electron chi connectivity index (χ1n) is 6.21. The Kier molecular flexibility index (Phi) is 5.01. The molecule has 0 atom stereocenters. The molecular formula is C14H15ClN2O3. The third-order valence-corrected chi connectivity index (χ3v) is 2.82. The van der Waals surface area contributed by atoms with Crippen molar-refractivity contribution >= 4 is 17.5 Å². The SMILES string of the molecule is Cc1cc(CCNC(=O)COc2ccc(Cl)cc2)no1. The predicted octanol–water partition coefficient (Wildman–Crippen LogP) is 2.37. The number of carbonyl (C=O) groups is 1. The van der Waals surface area contributed by atoms with Crippen molar-refractivity contribution in [3.8, 4) is 5.75 Å². The molecule has 0 radical (unpaired) electrons. The number of nitrogens with zero attached hydrogens (tertiary/aromatic N) is 1. The van der Waals surface area contributed by atoms with Crippen molar-refractivity contribution in [1.29, 1.82) is 0 Å². The first kappa shape index (κ1) is 14.4. The van der Waals surface area contributed by atoms with Crippen molar-refractivity contribution < 1.29 is 14.1 Å². The van der Waals surface area contributed by atoms with Gasteiger partial charge < -0.3 is 14.6 Å². The van der Waals surface area contributed by atoms with Crippen molar-refractivity contribution in [3.63, 3.8) is 0 Å². The van der Waals surface area contributed by atoms with Gasteiger partial charge in [-0.05, 0) is 31.2 Å². The second-order valence-corrected chi connectivity index (χ2v) is 4.71. The number of halogens is 1. The Balaban J connectivity index is 1.66. The van der Waals surface area contributed by atoms with Crippen molar-refractivity contribution in [1.82, 2.24) is 10.5 Å². The zero-order chi connectivity index (χ0) is 14.4. The van der Waals surface area contributed by atoms with Crippen molar-refractivity contribution in [2.75, 3.05) is 13.2 Å². The second kappa shape index (κ2) is 6.96. The zero-order valence-electron chi connectivity index (χ0n) is 11.1. The highest BCUT2D eigenvalue weighted by Gasteiger charge is 2.04. The summed E-state index contributed by atoms with van der Waals surface area (Å²) in [5, 5.41) is 7.22. The average molecular weight is 295 g/mol. The molecule has 20 heavy (non-hydrogen) atoms. The fourth-order valence-corrected chi connectivity index (χ4v) is 1.72. The predicted molar refractivity (Wildman–Crippen MR) is 74.9 cm³/mol. The van der Waals surface area contributed by atoms with Crippen molar-refractivity contribution in [2.45, 2.75) is 13.3 Å². The van der Waals surface area contributed by atoms with Crippen LogP contribution in [0.15, 0.2) is 34.9 Å². The van der Waals surface area contributed by atoms with Crippen LogP contribution in [0.25, 0.3) is 0 Å². The molecule has 0 aliphatic heterocycles. The highest BCUT2D eigenvalue weighted by Crippen LogP contribution is 2.15. The zero-order valence-corrected chi connectivity index (χ0v) is 11.8. The fourth-order valence-electron chi connectivity index (χ4n) is 1.60. The van der Waals surface area contributed by atoms with Gasteiger partial charge in [-0.3, -0.25) is 4.79 Å². The van der Waals surface area contributed by atoms with Crippen LogP contribution in [0.4, 0.5) is 0 Å². The van der Waals surface area contributed by atoms with Crippen LogP contribution in [-0.4, -0.2) is 24.2 Å². The number of rotatable bonds is 6. The van der Waals surface area contributed by atoms with Crippen molar-refractivity contribution in [3.05, 3.63) is 46.8 Å². The molecule has 6 heteroatoms. The largest absolute Gasteiger partial charge is 0.484 e. The molecule has 2 aromatic rings. The standard InChI is InChI=1S/C14H15ClN2O3/c1-10-8-12(17-20-10)6-7-16-14(18)9-19-13-4-2-11(15)3-5-13/h2-5,8H,6-7,9H2,1H3,(H,16,18). The number of carbonyl (C=O) groups excluding carboxylic acids is 1. The van der Waals surface area contributed by atoms with Crippen LogP contribution in [0, 0.1) is 6.92 Å². The number of nitrogens with one attached hydrogen (secondary N) is 1. The van der Waals surface area contributed by atoms with Crippen LogP contribution < -0.4 is 10.1 Å². The molecule has 1 N–H and O–H groups in total. The molecule has 1 aromatic heterocycles. The van der Waals surface area contributed by atoms with E-state index >= 15 is 0 Å². The molecule has 0 aliphatic carbocycles. The lowest BCUT2D eigenvalue weighted by molar-refractivity contribution is -0.123. The smallest absolute Gasteiger partial charge is 0.257 e. The van der Waals surface area contributed by atoms with Gasteiger partial charge in [-0.1, -0.05) is 16.8 Å². The van der Waals surface area contributed by atoms with Gasteiger partial charge in [0.05, 0.1) is 5.69 Å². The summed E-state index contributed by atoms with van der Waals surface area (Å²) >= 11 is 5.75. The van der Waals surface area contributed by atoms with E-state index in [-0.39, 0.29) is 12.5 Å². The monoisotopic (exact) mass is 294 g/mol. The van der Waals surface area contributed by atoms with E-state index in [1.165, 1.54) is 0 Å². The highest BCUT2D eigenvalue weighted by molar-refractivity contribution is 6.30. The van der Waals surface area contributed by atoms with E-state index in [1.54, 1.807) is 24.3 Å². The maximum Gasteiger partial charge on any atom is 0.257 e. The Hall–Kier alpha value is -2.01. The molecule has 0 spiro atoms. The van der Waals surface area contributed by atoms with E-state index in [2.05, 4.69) is 10.5 Å². The van der Waals surface area contributed by atoms with Crippen LogP contribution in [-0.2, 0) is 11.2 Å². The quantitative estimate of drug-likeness (QED) is 0.888. The molecule has 1 amide bonds. The lowest BCUT2D eigenvalue weighted by Gasteiger charge is -2.06. The summed E-state index contributed by atoms with van der Waals surface area (Å²) < 4.78 is 10.3. The maximum atomic E-state index is 11.6.